The Kier molecular flexibility index (Phi) is 9.31. The summed E-state index contributed by atoms with van der Waals surface area (Å²) in [6, 6.07) is 26.4. The Morgan fingerprint density at radius 3 is 1.73 bits per heavy atom. The minimum atomic E-state index is -1.37. The quantitative estimate of drug-likeness (QED) is 0.158. The van der Waals surface area contributed by atoms with Crippen molar-refractivity contribution in [1.29, 1.82) is 10.5 Å². The van der Waals surface area contributed by atoms with Crippen molar-refractivity contribution in [2.45, 2.75) is 32.2 Å². The fourth-order valence-electron chi connectivity index (χ4n) is 5.60. The number of carbonyl (C=O) groups is 3. The molecule has 14 heteroatoms. The first kappa shape index (κ1) is 32.6. The zero-order valence-electron chi connectivity index (χ0n) is 25.0. The Balaban J connectivity index is 0.000000188. The van der Waals surface area contributed by atoms with Crippen LogP contribution in [0.3, 0.4) is 0 Å². The predicted octanol–water partition coefficient (Wildman–Crippen LogP) is 4.76. The van der Waals surface area contributed by atoms with Crippen LogP contribution in [0, 0.1) is 42.9 Å². The molecule has 2 heterocycles. The summed E-state index contributed by atoms with van der Waals surface area (Å²) in [5.41, 5.74) is 2.41. The minimum absolute atomic E-state index is 0.00275. The lowest BCUT2D eigenvalue weighted by Gasteiger charge is -2.21. The molecule has 1 N–H and O–H groups in total. The van der Waals surface area contributed by atoms with E-state index in [4.69, 9.17) is 10.5 Å². The number of nitro benzene ring substituents is 2. The van der Waals surface area contributed by atoms with Gasteiger partial charge < -0.3 is 10.0 Å². The van der Waals surface area contributed by atoms with Crippen LogP contribution in [0.25, 0.3) is 0 Å². The third-order valence-corrected chi connectivity index (χ3v) is 7.74. The van der Waals surface area contributed by atoms with E-state index in [-0.39, 0.29) is 59.6 Å². The lowest BCUT2D eigenvalue weighted by atomic mass is 10.1. The fraction of sp³-hybridized carbons (Fsp3) is 0.147. The van der Waals surface area contributed by atoms with Gasteiger partial charge in [-0.2, -0.15) is 10.5 Å². The molecule has 0 bridgehead atoms. The molecule has 238 valence electrons. The van der Waals surface area contributed by atoms with Gasteiger partial charge in [-0.25, -0.2) is 0 Å². The maximum absolute atomic E-state index is 12.5. The molecule has 48 heavy (non-hydrogen) atoms. The standard InChI is InChI=1S/C17H13N3O4.C17H11N3O4/c2*18-8-7-11-3-1-4-12(9-11)10-19-16(21)13-5-2-6-14(20(23)24)15(13)17(19)22/h1-6,9,17,22H,7,10H2;1-6,9H,7,10H2. The third kappa shape index (κ3) is 6.32. The Morgan fingerprint density at radius 1 is 0.667 bits per heavy atom. The van der Waals surface area contributed by atoms with Crippen molar-refractivity contribution >= 4 is 29.1 Å². The molecule has 0 aliphatic carbocycles. The second-order valence-electron chi connectivity index (χ2n) is 10.8. The lowest BCUT2D eigenvalue weighted by Crippen LogP contribution is -2.29. The van der Waals surface area contributed by atoms with Crippen molar-refractivity contribution in [3.63, 3.8) is 0 Å². The Labute approximate surface area is 272 Å². The van der Waals surface area contributed by atoms with Crippen LogP contribution in [0.1, 0.15) is 65.1 Å². The van der Waals surface area contributed by atoms with Gasteiger partial charge in [-0.05, 0) is 34.4 Å². The number of nitriles is 2. The third-order valence-electron chi connectivity index (χ3n) is 7.74. The van der Waals surface area contributed by atoms with Crippen LogP contribution in [-0.2, 0) is 25.9 Å². The van der Waals surface area contributed by atoms with Crippen molar-refractivity contribution < 1.29 is 29.3 Å². The van der Waals surface area contributed by atoms with Gasteiger partial charge in [0.25, 0.3) is 29.1 Å². The van der Waals surface area contributed by atoms with Gasteiger partial charge in [0.1, 0.15) is 5.56 Å². The maximum Gasteiger partial charge on any atom is 0.282 e. The number of rotatable bonds is 8. The van der Waals surface area contributed by atoms with E-state index in [1.807, 2.05) is 6.07 Å². The molecule has 0 radical (unpaired) electrons. The number of fused-ring (bicyclic) bond motifs is 2. The molecule has 0 fully saturated rings. The molecular weight excluding hydrogens is 620 g/mol. The number of hydrogen-bond donors (Lipinski definition) is 1. The zero-order chi connectivity index (χ0) is 34.5. The van der Waals surface area contributed by atoms with E-state index in [0.29, 0.717) is 5.56 Å². The topological polar surface area (TPSA) is 212 Å². The van der Waals surface area contributed by atoms with E-state index in [2.05, 4.69) is 6.07 Å². The molecule has 2 aliphatic rings. The van der Waals surface area contributed by atoms with Crippen molar-refractivity contribution in [2.75, 3.05) is 0 Å². The molecule has 4 aromatic carbocycles. The highest BCUT2D eigenvalue weighted by atomic mass is 16.6. The molecule has 1 atom stereocenters. The second kappa shape index (κ2) is 13.7. The fourth-order valence-corrected chi connectivity index (χ4v) is 5.60. The number of carbonyl (C=O) groups excluding carboxylic acids is 3. The van der Waals surface area contributed by atoms with Crippen LogP contribution in [0.5, 0.6) is 0 Å². The van der Waals surface area contributed by atoms with Crippen molar-refractivity contribution in [3.05, 3.63) is 150 Å². The van der Waals surface area contributed by atoms with Gasteiger partial charge >= 0.3 is 0 Å². The highest BCUT2D eigenvalue weighted by Crippen LogP contribution is 2.38. The van der Waals surface area contributed by atoms with E-state index in [0.717, 1.165) is 21.6 Å². The van der Waals surface area contributed by atoms with E-state index in [1.165, 1.54) is 41.3 Å². The summed E-state index contributed by atoms with van der Waals surface area (Å²) in [6.07, 6.45) is -0.897. The summed E-state index contributed by atoms with van der Waals surface area (Å²) < 4.78 is 0. The molecule has 4 aromatic rings. The number of imide groups is 1. The number of nitro groups is 2. The largest absolute Gasteiger partial charge is 0.369 e. The number of aliphatic hydroxyl groups is 1. The molecule has 3 amide bonds. The van der Waals surface area contributed by atoms with Crippen LogP contribution < -0.4 is 0 Å². The summed E-state index contributed by atoms with van der Waals surface area (Å²) in [4.78, 5) is 60.5. The average Bonchev–Trinajstić information content (AvgIpc) is 3.46. The van der Waals surface area contributed by atoms with Crippen LogP contribution >= 0.6 is 0 Å². The lowest BCUT2D eigenvalue weighted by molar-refractivity contribution is -0.386. The first-order chi connectivity index (χ1) is 23.0. The number of amides is 3. The van der Waals surface area contributed by atoms with Crippen molar-refractivity contribution in [1.82, 2.24) is 9.80 Å². The van der Waals surface area contributed by atoms with Gasteiger partial charge in [-0.1, -0.05) is 60.7 Å². The first-order valence-electron chi connectivity index (χ1n) is 14.3. The van der Waals surface area contributed by atoms with Gasteiger partial charge in [0.05, 0.1) is 58.1 Å². The van der Waals surface area contributed by atoms with Crippen LogP contribution in [0.4, 0.5) is 11.4 Å². The Bertz CT molecular complexity index is 2080. The highest BCUT2D eigenvalue weighted by Gasteiger charge is 2.42. The van der Waals surface area contributed by atoms with Crippen LogP contribution in [0.15, 0.2) is 84.9 Å². The van der Waals surface area contributed by atoms with Gasteiger partial charge in [0, 0.05) is 18.7 Å². The summed E-state index contributed by atoms with van der Waals surface area (Å²) in [5, 5.41) is 50.1. The summed E-state index contributed by atoms with van der Waals surface area (Å²) in [6.45, 7) is 0.105. The van der Waals surface area contributed by atoms with Crippen LogP contribution in [-0.4, -0.2) is 42.5 Å². The maximum atomic E-state index is 12.5. The molecule has 0 aromatic heterocycles. The average molecular weight is 645 g/mol. The molecule has 0 saturated carbocycles. The summed E-state index contributed by atoms with van der Waals surface area (Å²) in [5.74, 6) is -1.68. The van der Waals surface area contributed by atoms with Crippen molar-refractivity contribution in [2.24, 2.45) is 0 Å². The van der Waals surface area contributed by atoms with Crippen LogP contribution in [0.2, 0.25) is 0 Å². The van der Waals surface area contributed by atoms with E-state index in [1.54, 1.807) is 48.5 Å². The molecule has 0 saturated heterocycles. The van der Waals surface area contributed by atoms with Gasteiger partial charge in [0.15, 0.2) is 6.23 Å². The van der Waals surface area contributed by atoms with Gasteiger partial charge in [-0.3, -0.25) is 39.5 Å². The van der Waals surface area contributed by atoms with Crippen molar-refractivity contribution in [3.8, 4) is 12.1 Å². The number of aliphatic hydroxyl groups excluding tert-OH is 1. The van der Waals surface area contributed by atoms with E-state index < -0.39 is 33.8 Å². The minimum Gasteiger partial charge on any atom is -0.369 e. The Morgan fingerprint density at radius 2 is 1.17 bits per heavy atom. The van der Waals surface area contributed by atoms with Gasteiger partial charge in [-0.15, -0.1) is 0 Å². The predicted molar refractivity (Wildman–Crippen MR) is 167 cm³/mol. The highest BCUT2D eigenvalue weighted by molar-refractivity contribution is 6.23. The number of hydrogen-bond acceptors (Lipinski definition) is 10. The molecule has 0 spiro atoms. The van der Waals surface area contributed by atoms with Gasteiger partial charge in [0.2, 0.25) is 0 Å². The summed E-state index contributed by atoms with van der Waals surface area (Å²) >= 11 is 0. The smallest absolute Gasteiger partial charge is 0.282 e. The monoisotopic (exact) mass is 644 g/mol. The first-order valence-corrected chi connectivity index (χ1v) is 14.3. The van der Waals surface area contributed by atoms with E-state index >= 15 is 0 Å². The number of nitrogens with zero attached hydrogens (tertiary/aromatic N) is 6. The molecule has 6 rings (SSSR count). The molecular formula is C34H24N6O8. The molecule has 14 nitrogen and oxygen atoms in total. The normalized spacial score (nSPS) is 14.4. The Hall–Kier alpha value is -6.77. The summed E-state index contributed by atoms with van der Waals surface area (Å²) in [7, 11) is 0. The molecule has 1 unspecified atom stereocenters. The second-order valence-corrected chi connectivity index (χ2v) is 10.8. The SMILES string of the molecule is N#CCc1cccc(CN2C(=O)c3cccc([N+](=O)[O-])c3C2=O)c1.N#CCc1cccc(CN2C(=O)c3cccc([N+](=O)[O-])c3C2O)c1. The molecule has 2 aliphatic heterocycles. The zero-order valence-corrected chi connectivity index (χ0v) is 25.0. The number of benzene rings is 4. The van der Waals surface area contributed by atoms with E-state index in [9.17, 15) is 39.7 Å².